The van der Waals surface area contributed by atoms with Gasteiger partial charge in [-0.25, -0.2) is 0 Å². The largest absolute Gasteiger partial charge is 0.497 e. The standard InChI is InChI=1S/C20H25N3O4S/c1-26-16-6-4-15(5-7-16)17(23-8-10-27-11-9-23)13-21-19(24)14-22-20(25)18-3-2-12-28-18/h2-7,12,17H,8-11,13-14H2,1H3,(H,21,24)(H,22,25). The van der Waals surface area contributed by atoms with Crippen molar-refractivity contribution in [3.8, 4) is 5.75 Å². The molecule has 1 unspecified atom stereocenters. The van der Waals surface area contributed by atoms with Gasteiger partial charge < -0.3 is 20.1 Å². The molecule has 2 heterocycles. The van der Waals surface area contributed by atoms with Crippen LogP contribution in [-0.4, -0.2) is 63.2 Å². The van der Waals surface area contributed by atoms with E-state index in [2.05, 4.69) is 15.5 Å². The summed E-state index contributed by atoms with van der Waals surface area (Å²) in [6, 6.07) is 11.5. The minimum atomic E-state index is -0.231. The van der Waals surface area contributed by atoms with Crippen LogP contribution in [0.3, 0.4) is 0 Å². The first-order chi connectivity index (χ1) is 13.7. The van der Waals surface area contributed by atoms with Crippen molar-refractivity contribution in [3.63, 3.8) is 0 Å². The van der Waals surface area contributed by atoms with Crippen molar-refractivity contribution in [1.82, 2.24) is 15.5 Å². The van der Waals surface area contributed by atoms with Crippen molar-refractivity contribution in [2.45, 2.75) is 6.04 Å². The number of thiophene rings is 1. The fraction of sp³-hybridized carbons (Fsp3) is 0.400. The minimum absolute atomic E-state index is 0.0340. The van der Waals surface area contributed by atoms with Crippen LogP contribution < -0.4 is 15.4 Å². The van der Waals surface area contributed by atoms with Gasteiger partial charge in [0.15, 0.2) is 0 Å². The molecule has 2 N–H and O–H groups in total. The van der Waals surface area contributed by atoms with E-state index in [4.69, 9.17) is 9.47 Å². The molecule has 1 aliphatic rings. The zero-order valence-electron chi connectivity index (χ0n) is 15.8. The second kappa shape index (κ2) is 10.2. The van der Waals surface area contributed by atoms with Crippen LogP contribution in [0, 0.1) is 0 Å². The second-order valence-corrected chi connectivity index (χ2v) is 7.35. The van der Waals surface area contributed by atoms with Crippen molar-refractivity contribution in [2.75, 3.05) is 46.5 Å². The van der Waals surface area contributed by atoms with Gasteiger partial charge in [0.2, 0.25) is 5.91 Å². The van der Waals surface area contributed by atoms with Crippen LogP contribution >= 0.6 is 11.3 Å². The lowest BCUT2D eigenvalue weighted by atomic mass is 10.0. The number of amides is 2. The summed E-state index contributed by atoms with van der Waals surface area (Å²) in [6.07, 6.45) is 0. The van der Waals surface area contributed by atoms with E-state index in [1.807, 2.05) is 29.6 Å². The molecule has 3 rings (SSSR count). The molecule has 1 aromatic carbocycles. The number of morpholine rings is 1. The molecular formula is C20H25N3O4S. The van der Waals surface area contributed by atoms with Crippen molar-refractivity contribution < 1.29 is 19.1 Å². The predicted octanol–water partition coefficient (Wildman–Crippen LogP) is 1.68. The molecule has 0 radical (unpaired) electrons. The summed E-state index contributed by atoms with van der Waals surface area (Å²) in [7, 11) is 1.64. The van der Waals surface area contributed by atoms with Crippen molar-refractivity contribution in [3.05, 3.63) is 52.2 Å². The first-order valence-electron chi connectivity index (χ1n) is 9.21. The van der Waals surface area contributed by atoms with Crippen LogP contribution in [0.15, 0.2) is 41.8 Å². The van der Waals surface area contributed by atoms with Crippen LogP contribution in [0.25, 0.3) is 0 Å². The molecule has 1 fully saturated rings. The third-order valence-electron chi connectivity index (χ3n) is 4.63. The van der Waals surface area contributed by atoms with E-state index in [-0.39, 0.29) is 24.4 Å². The molecule has 1 aliphatic heterocycles. The molecule has 28 heavy (non-hydrogen) atoms. The van der Waals surface area contributed by atoms with Gasteiger partial charge in [0.05, 0.1) is 37.8 Å². The van der Waals surface area contributed by atoms with Gasteiger partial charge >= 0.3 is 0 Å². The van der Waals surface area contributed by atoms with E-state index in [9.17, 15) is 9.59 Å². The average Bonchev–Trinajstić information content (AvgIpc) is 3.28. The van der Waals surface area contributed by atoms with Gasteiger partial charge in [-0.3, -0.25) is 14.5 Å². The van der Waals surface area contributed by atoms with Gasteiger partial charge in [-0.1, -0.05) is 18.2 Å². The van der Waals surface area contributed by atoms with E-state index in [1.54, 1.807) is 19.2 Å². The summed E-state index contributed by atoms with van der Waals surface area (Å²) < 4.78 is 10.7. The molecule has 7 nitrogen and oxygen atoms in total. The smallest absolute Gasteiger partial charge is 0.261 e. The van der Waals surface area contributed by atoms with E-state index in [1.165, 1.54) is 11.3 Å². The fourth-order valence-corrected chi connectivity index (χ4v) is 3.74. The zero-order valence-corrected chi connectivity index (χ0v) is 16.7. The van der Waals surface area contributed by atoms with E-state index in [0.29, 0.717) is 24.6 Å². The molecule has 0 bridgehead atoms. The molecule has 0 aliphatic carbocycles. The number of hydrogen-bond donors (Lipinski definition) is 2. The van der Waals surface area contributed by atoms with Crippen molar-refractivity contribution in [1.29, 1.82) is 0 Å². The Kier molecular flexibility index (Phi) is 7.41. The van der Waals surface area contributed by atoms with Crippen molar-refractivity contribution >= 4 is 23.2 Å². The molecule has 1 atom stereocenters. The Morgan fingerprint density at radius 3 is 2.57 bits per heavy atom. The Hall–Kier alpha value is -2.42. The maximum Gasteiger partial charge on any atom is 0.261 e. The maximum atomic E-state index is 12.3. The normalized spacial score (nSPS) is 15.6. The van der Waals surface area contributed by atoms with Gasteiger partial charge in [-0.15, -0.1) is 11.3 Å². The lowest BCUT2D eigenvalue weighted by Crippen LogP contribution is -2.45. The maximum absolute atomic E-state index is 12.3. The van der Waals surface area contributed by atoms with E-state index >= 15 is 0 Å². The third-order valence-corrected chi connectivity index (χ3v) is 5.50. The number of carbonyl (C=O) groups excluding carboxylic acids is 2. The van der Waals surface area contributed by atoms with Crippen LogP contribution in [0.4, 0.5) is 0 Å². The summed E-state index contributed by atoms with van der Waals surface area (Å²) in [4.78, 5) is 27.1. The minimum Gasteiger partial charge on any atom is -0.497 e. The highest BCUT2D eigenvalue weighted by Crippen LogP contribution is 2.23. The van der Waals surface area contributed by atoms with Gasteiger partial charge in [0, 0.05) is 19.6 Å². The Morgan fingerprint density at radius 2 is 1.93 bits per heavy atom. The molecule has 1 aromatic heterocycles. The third kappa shape index (κ3) is 5.54. The molecule has 2 amide bonds. The van der Waals surface area contributed by atoms with Gasteiger partial charge in [0.1, 0.15) is 5.75 Å². The monoisotopic (exact) mass is 403 g/mol. The average molecular weight is 404 g/mol. The summed E-state index contributed by atoms with van der Waals surface area (Å²) in [5, 5.41) is 7.43. The first-order valence-corrected chi connectivity index (χ1v) is 10.1. The zero-order chi connectivity index (χ0) is 19.8. The predicted molar refractivity (Wildman–Crippen MR) is 108 cm³/mol. The molecule has 0 spiro atoms. The lowest BCUT2D eigenvalue weighted by Gasteiger charge is -2.35. The molecule has 1 saturated heterocycles. The number of nitrogens with zero attached hydrogens (tertiary/aromatic N) is 1. The second-order valence-electron chi connectivity index (χ2n) is 6.40. The number of methoxy groups -OCH3 is 1. The Morgan fingerprint density at radius 1 is 1.18 bits per heavy atom. The highest BCUT2D eigenvalue weighted by Gasteiger charge is 2.23. The quantitative estimate of drug-likeness (QED) is 0.701. The topological polar surface area (TPSA) is 79.9 Å². The summed E-state index contributed by atoms with van der Waals surface area (Å²) in [5.41, 5.74) is 1.10. The number of benzene rings is 1. The summed E-state index contributed by atoms with van der Waals surface area (Å²) in [5.74, 6) is 0.353. The SMILES string of the molecule is COc1ccc(C(CNC(=O)CNC(=O)c2cccs2)N2CCOCC2)cc1. The van der Waals surface area contributed by atoms with Crippen LogP contribution in [0.5, 0.6) is 5.75 Å². The number of ether oxygens (including phenoxy) is 2. The molecule has 0 saturated carbocycles. The number of rotatable bonds is 8. The van der Waals surface area contributed by atoms with Crippen LogP contribution in [-0.2, 0) is 9.53 Å². The number of hydrogen-bond acceptors (Lipinski definition) is 6. The molecule has 2 aromatic rings. The van der Waals surface area contributed by atoms with E-state index in [0.717, 1.165) is 24.4 Å². The van der Waals surface area contributed by atoms with Crippen LogP contribution in [0.1, 0.15) is 21.3 Å². The summed E-state index contributed by atoms with van der Waals surface area (Å²) in [6.45, 7) is 3.38. The Labute approximate surface area is 168 Å². The summed E-state index contributed by atoms with van der Waals surface area (Å²) >= 11 is 1.35. The first kappa shape index (κ1) is 20.3. The Balaban J connectivity index is 1.57. The van der Waals surface area contributed by atoms with E-state index < -0.39 is 0 Å². The van der Waals surface area contributed by atoms with Gasteiger partial charge in [-0.2, -0.15) is 0 Å². The Bertz CT molecular complexity index is 758. The molecular weight excluding hydrogens is 378 g/mol. The highest BCUT2D eigenvalue weighted by atomic mass is 32.1. The molecule has 150 valence electrons. The molecule has 8 heteroatoms. The fourth-order valence-electron chi connectivity index (χ4n) is 3.10. The highest BCUT2D eigenvalue weighted by molar-refractivity contribution is 7.12. The lowest BCUT2D eigenvalue weighted by molar-refractivity contribution is -0.120. The van der Waals surface area contributed by atoms with Crippen molar-refractivity contribution in [2.24, 2.45) is 0 Å². The number of carbonyl (C=O) groups is 2. The number of nitrogens with one attached hydrogen (secondary N) is 2. The van der Waals surface area contributed by atoms with Crippen LogP contribution in [0.2, 0.25) is 0 Å². The van der Waals surface area contributed by atoms with Gasteiger partial charge in [0.25, 0.3) is 5.91 Å². The van der Waals surface area contributed by atoms with Gasteiger partial charge in [-0.05, 0) is 29.1 Å².